The highest BCUT2D eigenvalue weighted by Crippen LogP contribution is 2.10. The van der Waals surface area contributed by atoms with Crippen molar-refractivity contribution in [3.05, 3.63) is 11.6 Å². The Hall–Kier alpha value is -1.43. The van der Waals surface area contributed by atoms with Crippen molar-refractivity contribution in [2.24, 2.45) is 13.0 Å². The van der Waals surface area contributed by atoms with Gasteiger partial charge in [-0.25, -0.2) is 0 Å². The molecule has 108 valence electrons. The van der Waals surface area contributed by atoms with E-state index in [4.69, 9.17) is 5.11 Å². The predicted octanol–water partition coefficient (Wildman–Crippen LogP) is 1.49. The van der Waals surface area contributed by atoms with Gasteiger partial charge in [-0.1, -0.05) is 13.3 Å². The lowest BCUT2D eigenvalue weighted by atomic mass is 10.0. The number of aromatic nitrogens is 3. The Morgan fingerprint density at radius 3 is 2.58 bits per heavy atom. The van der Waals surface area contributed by atoms with E-state index in [1.807, 2.05) is 18.5 Å². The first-order valence-corrected chi connectivity index (χ1v) is 6.73. The molecule has 0 amide bonds. The van der Waals surface area contributed by atoms with Crippen molar-refractivity contribution in [2.75, 3.05) is 0 Å². The van der Waals surface area contributed by atoms with E-state index in [9.17, 15) is 4.79 Å². The van der Waals surface area contributed by atoms with Gasteiger partial charge in [-0.3, -0.25) is 4.79 Å². The minimum atomic E-state index is -0.713. The summed E-state index contributed by atoms with van der Waals surface area (Å²) in [5.41, 5.74) is 0. The van der Waals surface area contributed by atoms with Gasteiger partial charge in [0.2, 0.25) is 0 Å². The number of rotatable bonds is 8. The molecule has 1 heterocycles. The van der Waals surface area contributed by atoms with E-state index >= 15 is 0 Å². The molecule has 2 unspecified atom stereocenters. The summed E-state index contributed by atoms with van der Waals surface area (Å²) >= 11 is 0. The zero-order chi connectivity index (χ0) is 14.4. The number of aliphatic carboxylic acids is 1. The first kappa shape index (κ1) is 15.6. The van der Waals surface area contributed by atoms with Crippen LogP contribution in [0.4, 0.5) is 0 Å². The highest BCUT2D eigenvalue weighted by Gasteiger charge is 2.11. The second-order valence-electron chi connectivity index (χ2n) is 5.17. The largest absolute Gasteiger partial charge is 0.481 e. The Bertz CT molecular complexity index is 417. The molecule has 1 aromatic rings. The standard InChI is InChI=1S/C13H24N4O2/c1-9(13(18)19)6-5-7-10(2)14-8-12-16-15-11(3)17(12)4/h9-10,14H,5-8H2,1-4H3,(H,18,19). The molecule has 0 aliphatic heterocycles. The summed E-state index contributed by atoms with van der Waals surface area (Å²) in [5.74, 6) is 0.853. The maximum absolute atomic E-state index is 10.7. The van der Waals surface area contributed by atoms with Gasteiger partial charge in [0, 0.05) is 13.1 Å². The normalized spacial score (nSPS) is 14.3. The Labute approximate surface area is 114 Å². The van der Waals surface area contributed by atoms with Crippen LogP contribution in [0.25, 0.3) is 0 Å². The van der Waals surface area contributed by atoms with Crippen LogP contribution in [0.5, 0.6) is 0 Å². The maximum atomic E-state index is 10.7. The van der Waals surface area contributed by atoms with Gasteiger partial charge in [-0.05, 0) is 26.7 Å². The smallest absolute Gasteiger partial charge is 0.306 e. The molecule has 0 spiro atoms. The molecule has 1 aromatic heterocycles. The molecule has 0 bridgehead atoms. The molecule has 0 fully saturated rings. The first-order chi connectivity index (χ1) is 8.91. The number of hydrogen-bond acceptors (Lipinski definition) is 4. The summed E-state index contributed by atoms with van der Waals surface area (Å²) in [6, 6.07) is 0.345. The van der Waals surface area contributed by atoms with Gasteiger partial charge in [-0.2, -0.15) is 0 Å². The monoisotopic (exact) mass is 268 g/mol. The van der Waals surface area contributed by atoms with E-state index in [0.717, 1.165) is 30.9 Å². The average Bonchev–Trinajstić information content (AvgIpc) is 2.67. The number of aryl methyl sites for hydroxylation is 1. The lowest BCUT2D eigenvalue weighted by molar-refractivity contribution is -0.141. The van der Waals surface area contributed by atoms with Crippen LogP contribution >= 0.6 is 0 Å². The Morgan fingerprint density at radius 2 is 2.05 bits per heavy atom. The van der Waals surface area contributed by atoms with Crippen LogP contribution in [0.2, 0.25) is 0 Å². The van der Waals surface area contributed by atoms with Crippen LogP contribution in [-0.2, 0) is 18.4 Å². The van der Waals surface area contributed by atoms with Crippen LogP contribution < -0.4 is 5.32 Å². The van der Waals surface area contributed by atoms with Crippen LogP contribution in [0.3, 0.4) is 0 Å². The number of nitrogens with one attached hydrogen (secondary N) is 1. The van der Waals surface area contributed by atoms with Gasteiger partial charge in [0.15, 0.2) is 0 Å². The second kappa shape index (κ2) is 7.23. The molecule has 6 nitrogen and oxygen atoms in total. The van der Waals surface area contributed by atoms with Crippen molar-refractivity contribution in [2.45, 2.75) is 52.6 Å². The topological polar surface area (TPSA) is 80.0 Å². The van der Waals surface area contributed by atoms with E-state index in [1.54, 1.807) is 6.92 Å². The molecule has 0 saturated carbocycles. The summed E-state index contributed by atoms with van der Waals surface area (Å²) < 4.78 is 1.96. The summed E-state index contributed by atoms with van der Waals surface area (Å²) in [6.07, 6.45) is 2.61. The summed E-state index contributed by atoms with van der Waals surface area (Å²) in [7, 11) is 1.95. The van der Waals surface area contributed by atoms with E-state index in [1.165, 1.54) is 0 Å². The molecule has 2 atom stereocenters. The molecular formula is C13H24N4O2. The lowest BCUT2D eigenvalue weighted by Crippen LogP contribution is -2.27. The van der Waals surface area contributed by atoms with Crippen LogP contribution in [0, 0.1) is 12.8 Å². The fourth-order valence-electron chi connectivity index (χ4n) is 1.83. The Kier molecular flexibility index (Phi) is 5.95. The molecule has 0 aliphatic carbocycles. The Balaban J connectivity index is 2.23. The number of carboxylic acid groups (broad SMARTS) is 1. The van der Waals surface area contributed by atoms with Crippen molar-refractivity contribution in [1.29, 1.82) is 0 Å². The van der Waals surface area contributed by atoms with E-state index in [2.05, 4.69) is 22.4 Å². The fourth-order valence-corrected chi connectivity index (χ4v) is 1.83. The fraction of sp³-hybridized carbons (Fsp3) is 0.769. The number of carboxylic acids is 1. The zero-order valence-corrected chi connectivity index (χ0v) is 12.2. The highest BCUT2D eigenvalue weighted by atomic mass is 16.4. The van der Waals surface area contributed by atoms with Crippen LogP contribution in [0.15, 0.2) is 0 Å². The molecule has 0 radical (unpaired) electrons. The minimum absolute atomic E-state index is 0.256. The minimum Gasteiger partial charge on any atom is -0.481 e. The SMILES string of the molecule is Cc1nnc(CNC(C)CCCC(C)C(=O)O)n1C. The quantitative estimate of drug-likeness (QED) is 0.746. The van der Waals surface area contributed by atoms with Gasteiger partial charge in [0.25, 0.3) is 0 Å². The number of carbonyl (C=O) groups is 1. The number of nitrogens with zero attached hydrogens (tertiary/aromatic N) is 3. The van der Waals surface area contributed by atoms with Gasteiger partial charge in [0.1, 0.15) is 11.6 Å². The van der Waals surface area contributed by atoms with Gasteiger partial charge >= 0.3 is 5.97 Å². The Morgan fingerprint density at radius 1 is 1.37 bits per heavy atom. The summed E-state index contributed by atoms with van der Waals surface area (Å²) in [5, 5.41) is 20.3. The van der Waals surface area contributed by atoms with Crippen molar-refractivity contribution >= 4 is 5.97 Å². The van der Waals surface area contributed by atoms with E-state index < -0.39 is 5.97 Å². The molecule has 2 N–H and O–H groups in total. The van der Waals surface area contributed by atoms with Crippen LogP contribution in [-0.4, -0.2) is 31.9 Å². The molecule has 6 heteroatoms. The average molecular weight is 268 g/mol. The summed E-state index contributed by atoms with van der Waals surface area (Å²) in [4.78, 5) is 10.7. The molecule has 1 rings (SSSR count). The third-order valence-electron chi connectivity index (χ3n) is 3.49. The second-order valence-corrected chi connectivity index (χ2v) is 5.17. The van der Waals surface area contributed by atoms with Crippen molar-refractivity contribution in [3.63, 3.8) is 0 Å². The van der Waals surface area contributed by atoms with Crippen molar-refractivity contribution < 1.29 is 9.90 Å². The molecule has 19 heavy (non-hydrogen) atoms. The zero-order valence-electron chi connectivity index (χ0n) is 12.2. The lowest BCUT2D eigenvalue weighted by Gasteiger charge is -2.14. The maximum Gasteiger partial charge on any atom is 0.306 e. The van der Waals surface area contributed by atoms with Gasteiger partial charge in [-0.15, -0.1) is 10.2 Å². The van der Waals surface area contributed by atoms with Crippen LogP contribution in [0.1, 0.15) is 44.8 Å². The molecular weight excluding hydrogens is 244 g/mol. The molecule has 0 aromatic carbocycles. The predicted molar refractivity (Wildman–Crippen MR) is 72.7 cm³/mol. The third kappa shape index (κ3) is 4.98. The first-order valence-electron chi connectivity index (χ1n) is 6.73. The molecule has 0 saturated heterocycles. The van der Waals surface area contributed by atoms with Gasteiger partial charge < -0.3 is 15.0 Å². The van der Waals surface area contributed by atoms with E-state index in [-0.39, 0.29) is 5.92 Å². The third-order valence-corrected chi connectivity index (χ3v) is 3.49. The van der Waals surface area contributed by atoms with Crippen molar-refractivity contribution in [1.82, 2.24) is 20.1 Å². The molecule has 0 aliphatic rings. The number of hydrogen-bond donors (Lipinski definition) is 2. The highest BCUT2D eigenvalue weighted by molar-refractivity contribution is 5.69. The van der Waals surface area contributed by atoms with E-state index in [0.29, 0.717) is 12.6 Å². The van der Waals surface area contributed by atoms with Crippen molar-refractivity contribution in [3.8, 4) is 0 Å². The summed E-state index contributed by atoms with van der Waals surface area (Å²) in [6.45, 7) is 6.47. The van der Waals surface area contributed by atoms with Gasteiger partial charge in [0.05, 0.1) is 12.5 Å².